The summed E-state index contributed by atoms with van der Waals surface area (Å²) in [6.07, 6.45) is 0. The number of nitrogens with one attached hydrogen (secondary N) is 1. The van der Waals surface area contributed by atoms with Gasteiger partial charge in [-0.05, 0) is 49.4 Å². The molecule has 0 spiro atoms. The molecule has 0 saturated carbocycles. The van der Waals surface area contributed by atoms with Gasteiger partial charge in [-0.1, -0.05) is 0 Å². The molecule has 5 heteroatoms. The highest BCUT2D eigenvalue weighted by molar-refractivity contribution is 5.97. The first-order valence-electron chi connectivity index (χ1n) is 6.48. The number of nitriles is 1. The zero-order valence-electron chi connectivity index (χ0n) is 11.6. The summed E-state index contributed by atoms with van der Waals surface area (Å²) in [5.41, 5.74) is 8.53. The molecule has 0 bridgehead atoms. The molecule has 0 aliphatic heterocycles. The van der Waals surface area contributed by atoms with Gasteiger partial charge in [0.25, 0.3) is 0 Å². The Labute approximate surface area is 123 Å². The molecule has 21 heavy (non-hydrogen) atoms. The fraction of sp³-hybridized carbons (Fsp3) is 0.125. The normalized spacial score (nSPS) is 9.71. The minimum absolute atomic E-state index is 0.296. The van der Waals surface area contributed by atoms with Crippen molar-refractivity contribution in [3.8, 4) is 6.07 Å². The van der Waals surface area contributed by atoms with Crippen LogP contribution < -0.4 is 11.1 Å². The van der Waals surface area contributed by atoms with E-state index in [1.165, 1.54) is 0 Å². The van der Waals surface area contributed by atoms with Crippen molar-refractivity contribution in [2.24, 2.45) is 0 Å². The highest BCUT2D eigenvalue weighted by Crippen LogP contribution is 2.24. The number of esters is 1. The Kier molecular flexibility index (Phi) is 4.42. The molecule has 2 aromatic carbocycles. The molecule has 0 heterocycles. The van der Waals surface area contributed by atoms with Crippen LogP contribution >= 0.6 is 0 Å². The molecule has 0 amide bonds. The average molecular weight is 281 g/mol. The molecule has 0 radical (unpaired) electrons. The van der Waals surface area contributed by atoms with E-state index in [0.717, 1.165) is 5.69 Å². The average Bonchev–Trinajstić information content (AvgIpc) is 2.50. The molecular formula is C16H15N3O2. The van der Waals surface area contributed by atoms with Crippen molar-refractivity contribution in [2.75, 3.05) is 17.7 Å². The molecule has 3 N–H and O–H groups in total. The summed E-state index contributed by atoms with van der Waals surface area (Å²) >= 11 is 0. The lowest BCUT2D eigenvalue weighted by atomic mass is 10.1. The van der Waals surface area contributed by atoms with Gasteiger partial charge in [-0.25, -0.2) is 4.79 Å². The van der Waals surface area contributed by atoms with Crippen LogP contribution in [0.1, 0.15) is 22.8 Å². The Morgan fingerprint density at radius 1 is 1.29 bits per heavy atom. The lowest BCUT2D eigenvalue weighted by Crippen LogP contribution is -2.08. The third kappa shape index (κ3) is 3.51. The molecule has 0 saturated heterocycles. The monoisotopic (exact) mass is 281 g/mol. The van der Waals surface area contributed by atoms with Gasteiger partial charge in [-0.3, -0.25) is 0 Å². The highest BCUT2D eigenvalue weighted by Gasteiger charge is 2.13. The number of carbonyl (C=O) groups is 1. The minimum atomic E-state index is -0.430. The third-order valence-corrected chi connectivity index (χ3v) is 2.83. The van der Waals surface area contributed by atoms with E-state index < -0.39 is 5.97 Å². The lowest BCUT2D eigenvalue weighted by Gasteiger charge is -2.12. The van der Waals surface area contributed by atoms with Crippen molar-refractivity contribution in [1.29, 1.82) is 5.26 Å². The van der Waals surface area contributed by atoms with E-state index in [2.05, 4.69) is 11.4 Å². The molecule has 5 nitrogen and oxygen atoms in total. The maximum atomic E-state index is 11.9. The highest BCUT2D eigenvalue weighted by atomic mass is 16.5. The second kappa shape index (κ2) is 6.44. The fourth-order valence-corrected chi connectivity index (χ4v) is 1.83. The van der Waals surface area contributed by atoms with Crippen LogP contribution in [0.2, 0.25) is 0 Å². The lowest BCUT2D eigenvalue weighted by molar-refractivity contribution is 0.0527. The van der Waals surface area contributed by atoms with E-state index in [4.69, 9.17) is 15.7 Å². The number of hydrogen-bond donors (Lipinski definition) is 2. The van der Waals surface area contributed by atoms with Crippen molar-refractivity contribution in [3.63, 3.8) is 0 Å². The SMILES string of the molecule is CCOC(=O)c1cc(N)ccc1Nc1ccc(C#N)cc1. The summed E-state index contributed by atoms with van der Waals surface area (Å²) in [7, 11) is 0. The van der Waals surface area contributed by atoms with Crippen LogP contribution in [-0.4, -0.2) is 12.6 Å². The van der Waals surface area contributed by atoms with E-state index in [-0.39, 0.29) is 0 Å². The van der Waals surface area contributed by atoms with Gasteiger partial charge in [0, 0.05) is 11.4 Å². The number of carbonyl (C=O) groups excluding carboxylic acids is 1. The molecule has 0 aliphatic carbocycles. The third-order valence-electron chi connectivity index (χ3n) is 2.83. The van der Waals surface area contributed by atoms with Crippen molar-refractivity contribution >= 4 is 23.0 Å². The number of hydrogen-bond acceptors (Lipinski definition) is 5. The number of anilines is 3. The Morgan fingerprint density at radius 3 is 2.62 bits per heavy atom. The molecule has 2 rings (SSSR count). The first kappa shape index (κ1) is 14.4. The van der Waals surface area contributed by atoms with Gasteiger partial charge in [0.2, 0.25) is 0 Å². The standard InChI is InChI=1S/C16H15N3O2/c1-2-21-16(20)14-9-12(18)5-8-15(14)19-13-6-3-11(10-17)4-7-13/h3-9,19H,2,18H2,1H3. The summed E-state index contributed by atoms with van der Waals surface area (Å²) in [5.74, 6) is -0.430. The second-order valence-corrected chi connectivity index (χ2v) is 4.34. The predicted molar refractivity (Wildman–Crippen MR) is 81.3 cm³/mol. The van der Waals surface area contributed by atoms with Gasteiger partial charge in [-0.2, -0.15) is 5.26 Å². The summed E-state index contributed by atoms with van der Waals surface area (Å²) in [4.78, 5) is 11.9. The number of nitrogens with two attached hydrogens (primary N) is 1. The van der Waals surface area contributed by atoms with Crippen LogP contribution in [0.5, 0.6) is 0 Å². The van der Waals surface area contributed by atoms with Crippen molar-refractivity contribution in [1.82, 2.24) is 0 Å². The van der Waals surface area contributed by atoms with E-state index in [1.54, 1.807) is 49.4 Å². The molecule has 0 aromatic heterocycles. The summed E-state index contributed by atoms with van der Waals surface area (Å²) < 4.78 is 5.02. The van der Waals surface area contributed by atoms with Crippen molar-refractivity contribution in [2.45, 2.75) is 6.92 Å². The van der Waals surface area contributed by atoms with Gasteiger partial charge in [0.15, 0.2) is 0 Å². The van der Waals surface area contributed by atoms with Crippen molar-refractivity contribution < 1.29 is 9.53 Å². The van der Waals surface area contributed by atoms with Gasteiger partial charge in [-0.15, -0.1) is 0 Å². The van der Waals surface area contributed by atoms with Crippen LogP contribution in [0.3, 0.4) is 0 Å². The second-order valence-electron chi connectivity index (χ2n) is 4.34. The summed E-state index contributed by atoms with van der Waals surface area (Å²) in [6, 6.07) is 14.0. The first-order chi connectivity index (χ1) is 10.1. The molecule has 0 aliphatic rings. The fourth-order valence-electron chi connectivity index (χ4n) is 1.83. The number of nitrogens with zero attached hydrogens (tertiary/aromatic N) is 1. The zero-order valence-corrected chi connectivity index (χ0v) is 11.6. The number of benzene rings is 2. The van der Waals surface area contributed by atoms with E-state index in [1.807, 2.05) is 0 Å². The van der Waals surface area contributed by atoms with Crippen LogP contribution in [0.15, 0.2) is 42.5 Å². The quantitative estimate of drug-likeness (QED) is 0.664. The van der Waals surface area contributed by atoms with Gasteiger partial charge >= 0.3 is 5.97 Å². The maximum Gasteiger partial charge on any atom is 0.340 e. The van der Waals surface area contributed by atoms with Crippen LogP contribution in [0.4, 0.5) is 17.1 Å². The molecule has 0 atom stereocenters. The Morgan fingerprint density at radius 2 is 2.00 bits per heavy atom. The number of ether oxygens (including phenoxy) is 1. The Hall–Kier alpha value is -3.00. The van der Waals surface area contributed by atoms with Crippen LogP contribution in [0, 0.1) is 11.3 Å². The molecule has 0 unspecified atom stereocenters. The zero-order chi connectivity index (χ0) is 15.2. The van der Waals surface area contributed by atoms with Gasteiger partial charge in [0.1, 0.15) is 0 Å². The van der Waals surface area contributed by atoms with Crippen LogP contribution in [0.25, 0.3) is 0 Å². The first-order valence-corrected chi connectivity index (χ1v) is 6.48. The molecule has 0 fully saturated rings. The van der Waals surface area contributed by atoms with E-state index in [0.29, 0.717) is 29.1 Å². The van der Waals surface area contributed by atoms with Gasteiger partial charge < -0.3 is 15.8 Å². The molecular weight excluding hydrogens is 266 g/mol. The maximum absolute atomic E-state index is 11.9. The van der Waals surface area contributed by atoms with E-state index in [9.17, 15) is 4.79 Å². The van der Waals surface area contributed by atoms with Crippen LogP contribution in [-0.2, 0) is 4.74 Å². The summed E-state index contributed by atoms with van der Waals surface area (Å²) in [5, 5.41) is 11.9. The van der Waals surface area contributed by atoms with Gasteiger partial charge in [0.05, 0.1) is 29.5 Å². The minimum Gasteiger partial charge on any atom is -0.462 e. The largest absolute Gasteiger partial charge is 0.462 e. The molecule has 2 aromatic rings. The van der Waals surface area contributed by atoms with E-state index >= 15 is 0 Å². The molecule has 106 valence electrons. The Balaban J connectivity index is 2.30. The van der Waals surface area contributed by atoms with Crippen molar-refractivity contribution in [3.05, 3.63) is 53.6 Å². The predicted octanol–water partition coefficient (Wildman–Crippen LogP) is 3.06. The Bertz CT molecular complexity index is 688. The topological polar surface area (TPSA) is 88.1 Å². The summed E-state index contributed by atoms with van der Waals surface area (Å²) in [6.45, 7) is 2.04. The smallest absolute Gasteiger partial charge is 0.340 e. The number of nitrogen functional groups attached to an aromatic ring is 1. The number of rotatable bonds is 4.